The summed E-state index contributed by atoms with van der Waals surface area (Å²) in [5, 5.41) is 0.693. The Morgan fingerprint density at radius 1 is 1.00 bits per heavy atom. The summed E-state index contributed by atoms with van der Waals surface area (Å²) in [6.07, 6.45) is 3.42. The zero-order valence-electron chi connectivity index (χ0n) is 16.8. The fourth-order valence-corrected chi connectivity index (χ4v) is 4.21. The number of thioether (sulfide) groups is 1. The lowest BCUT2D eigenvalue weighted by molar-refractivity contribution is 0.310. The standard InChI is InChI=1S/C18H24N8O2S/c1-22-7-9-25(10-8-22)17-21-14-13(15(27)24(3)18(28)23(14)2)26(17)11-12-29-16-19-5-4-6-20-16/h4-6H,7-12H2,1-3H3. The van der Waals surface area contributed by atoms with Crippen LogP contribution in [0.1, 0.15) is 0 Å². The van der Waals surface area contributed by atoms with Crippen LogP contribution >= 0.6 is 11.8 Å². The molecule has 0 amide bonds. The van der Waals surface area contributed by atoms with Crippen LogP contribution in [0, 0.1) is 0 Å². The van der Waals surface area contributed by atoms with Gasteiger partial charge in [0.1, 0.15) is 0 Å². The Labute approximate surface area is 171 Å². The van der Waals surface area contributed by atoms with Gasteiger partial charge in [-0.2, -0.15) is 4.98 Å². The van der Waals surface area contributed by atoms with Crippen molar-refractivity contribution in [1.29, 1.82) is 0 Å². The summed E-state index contributed by atoms with van der Waals surface area (Å²) < 4.78 is 4.53. The Balaban J connectivity index is 1.75. The van der Waals surface area contributed by atoms with Crippen molar-refractivity contribution in [3.63, 3.8) is 0 Å². The number of aryl methyl sites for hydroxylation is 2. The third-order valence-electron chi connectivity index (χ3n) is 5.20. The molecule has 0 bridgehead atoms. The number of anilines is 1. The minimum atomic E-state index is -0.371. The fraction of sp³-hybridized carbons (Fsp3) is 0.500. The van der Waals surface area contributed by atoms with Crippen LogP contribution in [0.4, 0.5) is 5.95 Å². The van der Waals surface area contributed by atoms with Gasteiger partial charge in [0, 0.05) is 65.0 Å². The van der Waals surface area contributed by atoms with E-state index < -0.39 is 0 Å². The number of nitrogens with zero attached hydrogens (tertiary/aromatic N) is 8. The van der Waals surface area contributed by atoms with Crippen molar-refractivity contribution >= 4 is 28.9 Å². The number of likely N-dealkylation sites (N-methyl/N-ethyl adjacent to an activating group) is 1. The van der Waals surface area contributed by atoms with Crippen LogP contribution in [0.3, 0.4) is 0 Å². The lowest BCUT2D eigenvalue weighted by Crippen LogP contribution is -2.45. The Hall–Kier alpha value is -2.66. The quantitative estimate of drug-likeness (QED) is 0.416. The lowest BCUT2D eigenvalue weighted by Gasteiger charge is -2.33. The van der Waals surface area contributed by atoms with E-state index >= 15 is 0 Å². The summed E-state index contributed by atoms with van der Waals surface area (Å²) >= 11 is 1.53. The molecule has 3 aromatic rings. The third-order valence-corrected chi connectivity index (χ3v) is 6.06. The van der Waals surface area contributed by atoms with Gasteiger partial charge in [-0.3, -0.25) is 13.9 Å². The molecule has 0 radical (unpaired) electrons. The molecule has 1 fully saturated rings. The van der Waals surface area contributed by atoms with E-state index in [0.29, 0.717) is 28.6 Å². The molecule has 4 rings (SSSR count). The van der Waals surface area contributed by atoms with Crippen LogP contribution in [0.25, 0.3) is 11.2 Å². The molecule has 0 unspecified atom stereocenters. The van der Waals surface area contributed by atoms with E-state index in [1.54, 1.807) is 25.5 Å². The first kappa shape index (κ1) is 19.6. The Morgan fingerprint density at radius 2 is 1.69 bits per heavy atom. The Morgan fingerprint density at radius 3 is 2.38 bits per heavy atom. The molecule has 1 aliphatic rings. The highest BCUT2D eigenvalue weighted by atomic mass is 32.2. The van der Waals surface area contributed by atoms with Gasteiger partial charge in [-0.1, -0.05) is 11.8 Å². The number of rotatable bonds is 5. The zero-order valence-corrected chi connectivity index (χ0v) is 17.6. The van der Waals surface area contributed by atoms with Crippen LogP contribution < -0.4 is 16.1 Å². The summed E-state index contributed by atoms with van der Waals surface area (Å²) in [6.45, 7) is 4.06. The summed E-state index contributed by atoms with van der Waals surface area (Å²) in [4.78, 5) is 43.0. The molecule has 0 aromatic carbocycles. The summed E-state index contributed by atoms with van der Waals surface area (Å²) in [5.74, 6) is 1.42. The number of fused-ring (bicyclic) bond motifs is 1. The largest absolute Gasteiger partial charge is 0.340 e. The van der Waals surface area contributed by atoms with Crippen LogP contribution in [-0.2, 0) is 20.6 Å². The number of imidazole rings is 1. The van der Waals surface area contributed by atoms with Crippen molar-refractivity contribution in [2.75, 3.05) is 43.9 Å². The van der Waals surface area contributed by atoms with E-state index in [-0.39, 0.29) is 11.2 Å². The van der Waals surface area contributed by atoms with E-state index in [1.165, 1.54) is 23.4 Å². The molecule has 11 heteroatoms. The second kappa shape index (κ2) is 7.99. The van der Waals surface area contributed by atoms with E-state index in [0.717, 1.165) is 36.7 Å². The predicted octanol–water partition coefficient (Wildman–Crippen LogP) is -0.232. The highest BCUT2D eigenvalue weighted by Crippen LogP contribution is 2.22. The first-order valence-corrected chi connectivity index (χ1v) is 10.5. The molecule has 0 saturated carbocycles. The van der Waals surface area contributed by atoms with E-state index in [2.05, 4.69) is 26.8 Å². The van der Waals surface area contributed by atoms with Crippen molar-refractivity contribution in [3.8, 4) is 0 Å². The molecule has 0 aliphatic carbocycles. The molecule has 3 aromatic heterocycles. The van der Waals surface area contributed by atoms with Crippen LogP contribution in [0.2, 0.25) is 0 Å². The number of hydrogen-bond donors (Lipinski definition) is 0. The topological polar surface area (TPSA) is 94.1 Å². The van der Waals surface area contributed by atoms with Crippen molar-refractivity contribution in [2.45, 2.75) is 11.7 Å². The van der Waals surface area contributed by atoms with Crippen molar-refractivity contribution in [3.05, 3.63) is 39.3 Å². The maximum absolute atomic E-state index is 12.9. The summed E-state index contributed by atoms with van der Waals surface area (Å²) in [6, 6.07) is 1.78. The van der Waals surface area contributed by atoms with E-state index in [9.17, 15) is 9.59 Å². The number of hydrogen-bond acceptors (Lipinski definition) is 8. The third kappa shape index (κ3) is 3.67. The zero-order chi connectivity index (χ0) is 20.5. The molecule has 1 aliphatic heterocycles. The monoisotopic (exact) mass is 416 g/mol. The lowest BCUT2D eigenvalue weighted by atomic mass is 10.3. The fourth-order valence-electron chi connectivity index (χ4n) is 3.48. The minimum Gasteiger partial charge on any atom is -0.340 e. The molecule has 0 spiro atoms. The van der Waals surface area contributed by atoms with Gasteiger partial charge in [-0.25, -0.2) is 14.8 Å². The van der Waals surface area contributed by atoms with Crippen molar-refractivity contribution < 1.29 is 0 Å². The maximum atomic E-state index is 12.9. The molecule has 4 heterocycles. The Bertz CT molecular complexity index is 1130. The van der Waals surface area contributed by atoms with Crippen LogP contribution in [0.15, 0.2) is 33.2 Å². The van der Waals surface area contributed by atoms with Gasteiger partial charge in [-0.05, 0) is 13.1 Å². The predicted molar refractivity (Wildman–Crippen MR) is 113 cm³/mol. The van der Waals surface area contributed by atoms with E-state index in [4.69, 9.17) is 4.98 Å². The van der Waals surface area contributed by atoms with Gasteiger partial charge in [0.2, 0.25) is 5.95 Å². The second-order valence-electron chi connectivity index (χ2n) is 7.11. The average Bonchev–Trinajstić information content (AvgIpc) is 3.12. The van der Waals surface area contributed by atoms with Gasteiger partial charge in [0.15, 0.2) is 16.3 Å². The smallest absolute Gasteiger partial charge is 0.332 e. The molecule has 10 nitrogen and oxygen atoms in total. The van der Waals surface area contributed by atoms with Gasteiger partial charge in [0.05, 0.1) is 0 Å². The first-order valence-electron chi connectivity index (χ1n) is 9.47. The SMILES string of the molecule is CN1CCN(c2nc3c(c(=O)n(C)c(=O)n3C)n2CCSc2ncccn2)CC1. The molecular formula is C18H24N8O2S. The van der Waals surface area contributed by atoms with Gasteiger partial charge in [0.25, 0.3) is 5.56 Å². The van der Waals surface area contributed by atoms with E-state index in [1.807, 2.05) is 4.57 Å². The molecule has 1 saturated heterocycles. The number of piperazine rings is 1. The average molecular weight is 417 g/mol. The Kier molecular flexibility index (Phi) is 5.41. The first-order chi connectivity index (χ1) is 14.0. The van der Waals surface area contributed by atoms with Crippen LogP contribution in [-0.4, -0.2) is 72.5 Å². The number of aromatic nitrogens is 6. The molecule has 0 atom stereocenters. The minimum absolute atomic E-state index is 0.322. The maximum Gasteiger partial charge on any atom is 0.332 e. The highest BCUT2D eigenvalue weighted by Gasteiger charge is 2.24. The van der Waals surface area contributed by atoms with Gasteiger partial charge in [-0.15, -0.1) is 0 Å². The molecular weight excluding hydrogens is 392 g/mol. The molecule has 154 valence electrons. The van der Waals surface area contributed by atoms with Crippen LogP contribution in [0.5, 0.6) is 0 Å². The molecule has 0 N–H and O–H groups in total. The highest BCUT2D eigenvalue weighted by molar-refractivity contribution is 7.99. The van der Waals surface area contributed by atoms with Crippen molar-refractivity contribution in [1.82, 2.24) is 33.6 Å². The normalized spacial score (nSPS) is 15.3. The summed E-state index contributed by atoms with van der Waals surface area (Å²) in [7, 11) is 5.25. The second-order valence-corrected chi connectivity index (χ2v) is 8.17. The molecule has 29 heavy (non-hydrogen) atoms. The summed E-state index contributed by atoms with van der Waals surface area (Å²) in [5.41, 5.74) is 0.187. The van der Waals surface area contributed by atoms with Crippen molar-refractivity contribution in [2.24, 2.45) is 14.1 Å². The van der Waals surface area contributed by atoms with Gasteiger partial charge >= 0.3 is 5.69 Å². The van der Waals surface area contributed by atoms with Gasteiger partial charge < -0.3 is 14.4 Å².